The van der Waals surface area contributed by atoms with Crippen LogP contribution in [0.15, 0.2) is 60.8 Å². The summed E-state index contributed by atoms with van der Waals surface area (Å²) < 4.78 is 32.8. The molecule has 5 nitrogen and oxygen atoms in total. The third-order valence-electron chi connectivity index (χ3n) is 5.24. The van der Waals surface area contributed by atoms with E-state index in [-0.39, 0.29) is 0 Å². The molecule has 3 N–H and O–H groups in total. The van der Waals surface area contributed by atoms with Crippen LogP contribution in [0.5, 0.6) is 0 Å². The maximum absolute atomic E-state index is 8.83. The second-order valence-electron chi connectivity index (χ2n) is 6.42. The summed E-state index contributed by atoms with van der Waals surface area (Å²) in [5.74, 6) is 2.04. The number of halogens is 1. The number of pyridine rings is 1. The Bertz CT molecular complexity index is 748. The van der Waals surface area contributed by atoms with Gasteiger partial charge >= 0.3 is 28.9 Å². The van der Waals surface area contributed by atoms with E-state index < -0.39 is 10.2 Å². The molecular formula is C18H19ClNO4+. The quantitative estimate of drug-likeness (QED) is 0.474. The number of hydrogen-bond donors (Lipinski definition) is 3. The molecule has 24 heavy (non-hydrogen) atoms. The van der Waals surface area contributed by atoms with Crippen LogP contribution in [-0.2, 0) is 0 Å². The molecule has 6 heteroatoms. The van der Waals surface area contributed by atoms with Crippen molar-refractivity contribution in [3.05, 3.63) is 77.6 Å². The molecule has 2 bridgehead atoms. The van der Waals surface area contributed by atoms with E-state index in [1.807, 2.05) is 0 Å². The molecule has 4 unspecified atom stereocenters. The molecule has 1 aromatic carbocycles. The van der Waals surface area contributed by atoms with E-state index >= 15 is 0 Å². The zero-order valence-corrected chi connectivity index (χ0v) is 13.6. The number of hydrogen-bond acceptors (Lipinski definition) is 4. The summed E-state index contributed by atoms with van der Waals surface area (Å²) in [5.41, 5.74) is 4.62. The predicted molar refractivity (Wildman–Crippen MR) is 80.5 cm³/mol. The van der Waals surface area contributed by atoms with Crippen LogP contribution in [-0.4, -0.2) is 14.0 Å². The zero-order chi connectivity index (χ0) is 16.9. The van der Waals surface area contributed by atoms with Crippen LogP contribution in [0.25, 0.3) is 0 Å². The molecule has 0 spiro atoms. The van der Waals surface area contributed by atoms with Gasteiger partial charge in [-0.1, -0.05) is 42.5 Å². The van der Waals surface area contributed by atoms with Crippen molar-refractivity contribution in [2.45, 2.75) is 18.4 Å². The molecule has 4 atom stereocenters. The second-order valence-corrected chi connectivity index (χ2v) is 7.29. The van der Waals surface area contributed by atoms with E-state index in [1.54, 1.807) is 11.1 Å². The van der Waals surface area contributed by atoms with Gasteiger partial charge in [-0.15, -0.1) is 0 Å². The Morgan fingerprint density at radius 2 is 1.67 bits per heavy atom. The van der Waals surface area contributed by atoms with Gasteiger partial charge in [0.25, 0.3) is 0 Å². The molecule has 4 aliphatic rings. The van der Waals surface area contributed by atoms with Gasteiger partial charge in [-0.05, 0) is 12.0 Å². The maximum atomic E-state index is 8.83. The van der Waals surface area contributed by atoms with Crippen LogP contribution < -0.4 is 9.23 Å². The van der Waals surface area contributed by atoms with Gasteiger partial charge in [-0.2, -0.15) is 4.57 Å². The molecule has 2 aromatic rings. The molecule has 2 aliphatic heterocycles. The first kappa shape index (κ1) is 15.7. The Morgan fingerprint density at radius 1 is 1.00 bits per heavy atom. The van der Waals surface area contributed by atoms with E-state index in [9.17, 15) is 0 Å². The van der Waals surface area contributed by atoms with Crippen LogP contribution in [0.2, 0.25) is 0 Å². The molecule has 0 saturated heterocycles. The molecule has 0 radical (unpaired) electrons. The van der Waals surface area contributed by atoms with Gasteiger partial charge in [-0.25, -0.2) is 0 Å². The van der Waals surface area contributed by atoms with Crippen LogP contribution in [0.3, 0.4) is 0 Å². The van der Waals surface area contributed by atoms with Gasteiger partial charge in [0.15, 0.2) is 17.9 Å². The van der Waals surface area contributed by atoms with E-state index in [0.29, 0.717) is 17.9 Å². The Morgan fingerprint density at radius 3 is 2.42 bits per heavy atom. The van der Waals surface area contributed by atoms with Gasteiger partial charge in [0.1, 0.15) is 0 Å². The molecular weight excluding hydrogens is 330 g/mol. The summed E-state index contributed by atoms with van der Waals surface area (Å²) in [4.78, 5) is 0. The number of benzene rings is 1. The Balaban J connectivity index is 0.000000260. The Kier molecular flexibility index (Phi) is 3.71. The van der Waals surface area contributed by atoms with Crippen molar-refractivity contribution in [3.8, 4) is 0 Å². The summed E-state index contributed by atoms with van der Waals surface area (Å²) in [6.45, 7) is 0. The molecule has 6 rings (SSSR count). The standard InChI is InChI=1S/C18H16N.ClH3O4/c1-2-7-14-12(6-1)17-13-8-5-9-15(13)18(14)19-11-4-3-10-16(17)19;2-1(3,4)5/h1-8,10-11,13,15,17-18H,9H2;2-4H/q+1;. The molecule has 0 amide bonds. The van der Waals surface area contributed by atoms with Gasteiger partial charge in [0.05, 0.1) is 5.92 Å². The molecule has 0 saturated carbocycles. The van der Waals surface area contributed by atoms with Crippen molar-refractivity contribution in [2.24, 2.45) is 11.8 Å². The van der Waals surface area contributed by atoms with E-state index in [1.165, 1.54) is 12.1 Å². The third-order valence-corrected chi connectivity index (χ3v) is 5.24. The first-order valence-electron chi connectivity index (χ1n) is 7.87. The SMILES string of the molecule is C1=CC2C3c4ccccc4C(C2C1)[n+]1ccccc13.[O-][Cl+](O)(O)O. The molecule has 126 valence electrons. The predicted octanol–water partition coefficient (Wildman–Crippen LogP) is 0.355. The number of nitrogens with zero attached hydrogens (tertiary/aromatic N) is 1. The Hall–Kier alpha value is -1.76. The summed E-state index contributed by atoms with van der Waals surface area (Å²) in [5, 5.41) is 0. The van der Waals surface area contributed by atoms with Crippen molar-refractivity contribution < 1.29 is 33.4 Å². The van der Waals surface area contributed by atoms with Gasteiger partial charge in [0.2, 0.25) is 0 Å². The normalized spacial score (nSPS) is 29.2. The first-order valence-corrected chi connectivity index (χ1v) is 9.19. The Labute approximate surface area is 141 Å². The summed E-state index contributed by atoms with van der Waals surface area (Å²) in [7, 11) is -4.19. The van der Waals surface area contributed by atoms with Crippen molar-refractivity contribution in [3.63, 3.8) is 0 Å². The van der Waals surface area contributed by atoms with Gasteiger partial charge < -0.3 is 0 Å². The van der Waals surface area contributed by atoms with Crippen molar-refractivity contribution >= 4 is 0 Å². The van der Waals surface area contributed by atoms with E-state index in [4.69, 9.17) is 18.6 Å². The average molecular weight is 349 g/mol. The minimum absolute atomic E-state index is 0.539. The van der Waals surface area contributed by atoms with Crippen LogP contribution >= 0.6 is 0 Å². The summed E-state index contributed by atoms with van der Waals surface area (Å²) in [6.07, 6.45) is 8.38. The van der Waals surface area contributed by atoms with Crippen molar-refractivity contribution in [1.82, 2.24) is 0 Å². The molecule has 1 aromatic heterocycles. The van der Waals surface area contributed by atoms with Crippen molar-refractivity contribution in [1.29, 1.82) is 0 Å². The number of allylic oxidation sites excluding steroid dienone is 2. The summed E-state index contributed by atoms with van der Waals surface area (Å²) >= 11 is 0. The first-order chi connectivity index (χ1) is 11.4. The summed E-state index contributed by atoms with van der Waals surface area (Å²) in [6, 6.07) is 16.3. The number of rotatable bonds is 0. The van der Waals surface area contributed by atoms with Crippen LogP contribution in [0.1, 0.15) is 35.2 Å². The fourth-order valence-electron chi connectivity index (χ4n) is 4.59. The zero-order valence-electron chi connectivity index (χ0n) is 12.9. The fourth-order valence-corrected chi connectivity index (χ4v) is 4.59. The van der Waals surface area contributed by atoms with Gasteiger partial charge in [0, 0.05) is 29.5 Å². The number of aromatic nitrogens is 1. The topological polar surface area (TPSA) is 87.6 Å². The van der Waals surface area contributed by atoms with E-state index in [2.05, 4.69) is 65.4 Å². The molecule has 2 aliphatic carbocycles. The fraction of sp³-hybridized carbons (Fsp3) is 0.278. The third kappa shape index (κ3) is 2.55. The molecule has 0 fully saturated rings. The average Bonchev–Trinajstić information content (AvgIpc) is 3.02. The minimum atomic E-state index is -4.19. The van der Waals surface area contributed by atoms with E-state index in [0.717, 1.165) is 5.92 Å². The molecule has 3 heterocycles. The van der Waals surface area contributed by atoms with Crippen LogP contribution in [0, 0.1) is 22.1 Å². The van der Waals surface area contributed by atoms with Crippen LogP contribution in [0.4, 0.5) is 0 Å². The van der Waals surface area contributed by atoms with Gasteiger partial charge in [-0.3, -0.25) is 0 Å². The second kappa shape index (κ2) is 5.65. The van der Waals surface area contributed by atoms with Crippen molar-refractivity contribution in [2.75, 3.05) is 0 Å². The monoisotopic (exact) mass is 348 g/mol.